The van der Waals surface area contributed by atoms with Crippen molar-refractivity contribution in [2.45, 2.75) is 11.4 Å². The summed E-state index contributed by atoms with van der Waals surface area (Å²) in [6.45, 7) is 1.07. The van der Waals surface area contributed by atoms with Gasteiger partial charge in [0.25, 0.3) is 5.91 Å². The summed E-state index contributed by atoms with van der Waals surface area (Å²) in [5, 5.41) is 8.03. The number of nitrogens with two attached hydrogens (primary N) is 1. The minimum atomic E-state index is -3.75. The largest absolute Gasteiger partial charge is 0.453 e. The molecular weight excluding hydrogens is 392 g/mol. The fourth-order valence-electron chi connectivity index (χ4n) is 3.57. The SMILES string of the molecule is NS(=O)(=O)c1ccc(-c2ccc(-c3nc4cccc5c4n3CCNC5=O)o2)cc1. The Labute approximate surface area is 166 Å². The molecule has 0 aliphatic carbocycles. The Morgan fingerprint density at radius 3 is 2.55 bits per heavy atom. The molecule has 8 nitrogen and oxygen atoms in total. The van der Waals surface area contributed by atoms with Gasteiger partial charge in [0.05, 0.1) is 21.5 Å². The van der Waals surface area contributed by atoms with Gasteiger partial charge in [-0.25, -0.2) is 18.5 Å². The number of carbonyl (C=O) groups is 1. The van der Waals surface area contributed by atoms with E-state index < -0.39 is 10.0 Å². The van der Waals surface area contributed by atoms with Crippen molar-refractivity contribution in [3.05, 3.63) is 60.2 Å². The molecule has 9 heteroatoms. The van der Waals surface area contributed by atoms with Crippen LogP contribution in [0.1, 0.15) is 10.4 Å². The van der Waals surface area contributed by atoms with E-state index in [1.165, 1.54) is 12.1 Å². The van der Waals surface area contributed by atoms with Crippen LogP contribution in [-0.4, -0.2) is 30.4 Å². The molecule has 3 N–H and O–H groups in total. The molecule has 2 aromatic heterocycles. The number of hydrogen-bond donors (Lipinski definition) is 2. The molecule has 29 heavy (non-hydrogen) atoms. The van der Waals surface area contributed by atoms with Gasteiger partial charge in [-0.3, -0.25) is 4.79 Å². The van der Waals surface area contributed by atoms with Crippen LogP contribution in [0.2, 0.25) is 0 Å². The molecular formula is C20H16N4O4S. The maximum atomic E-state index is 12.3. The van der Waals surface area contributed by atoms with E-state index in [0.717, 1.165) is 11.0 Å². The van der Waals surface area contributed by atoms with Crippen molar-refractivity contribution >= 4 is 27.0 Å². The summed E-state index contributed by atoms with van der Waals surface area (Å²) in [5.41, 5.74) is 2.82. The van der Waals surface area contributed by atoms with Gasteiger partial charge in [-0.1, -0.05) is 6.07 Å². The monoisotopic (exact) mass is 408 g/mol. The Kier molecular flexibility index (Phi) is 3.83. The van der Waals surface area contributed by atoms with E-state index in [-0.39, 0.29) is 10.8 Å². The lowest BCUT2D eigenvalue weighted by Crippen LogP contribution is -2.24. The Bertz CT molecular complexity index is 1370. The van der Waals surface area contributed by atoms with Crippen molar-refractivity contribution < 1.29 is 17.6 Å². The standard InChI is InChI=1S/C20H16N4O4S/c21-29(26,27)13-6-4-12(5-7-13)16-8-9-17(28-16)19-23-15-3-1-2-14-18(15)24(19)11-10-22-20(14)25/h1-9H,10-11H2,(H,22,25)(H2,21,26,27). The fourth-order valence-corrected chi connectivity index (χ4v) is 4.09. The van der Waals surface area contributed by atoms with E-state index in [1.54, 1.807) is 24.3 Å². The second-order valence-corrected chi connectivity index (χ2v) is 8.31. The summed E-state index contributed by atoms with van der Waals surface area (Å²) in [7, 11) is -3.75. The van der Waals surface area contributed by atoms with Crippen LogP contribution in [0, 0.1) is 0 Å². The molecule has 0 saturated carbocycles. The zero-order valence-electron chi connectivity index (χ0n) is 15.1. The number of primary sulfonamides is 1. The normalized spacial score (nSPS) is 14.0. The second-order valence-electron chi connectivity index (χ2n) is 6.75. The first-order valence-electron chi connectivity index (χ1n) is 8.93. The quantitative estimate of drug-likeness (QED) is 0.539. The number of furan rings is 1. The first-order valence-corrected chi connectivity index (χ1v) is 10.5. The third-order valence-corrected chi connectivity index (χ3v) is 5.86. The number of nitrogens with one attached hydrogen (secondary N) is 1. The summed E-state index contributed by atoms with van der Waals surface area (Å²) in [5.74, 6) is 1.66. The second kappa shape index (κ2) is 6.29. The molecule has 0 atom stereocenters. The molecule has 1 aliphatic heterocycles. The van der Waals surface area contributed by atoms with Gasteiger partial charge in [0.15, 0.2) is 11.6 Å². The predicted octanol–water partition coefficient (Wildman–Crippen LogP) is 2.35. The molecule has 0 spiro atoms. The Hall–Kier alpha value is -3.43. The van der Waals surface area contributed by atoms with Gasteiger partial charge in [0, 0.05) is 18.7 Å². The van der Waals surface area contributed by atoms with E-state index in [9.17, 15) is 13.2 Å². The van der Waals surface area contributed by atoms with Gasteiger partial charge in [0.1, 0.15) is 5.76 Å². The number of para-hydroxylation sites is 1. The van der Waals surface area contributed by atoms with Gasteiger partial charge in [0.2, 0.25) is 10.0 Å². The molecule has 0 bridgehead atoms. The number of amides is 1. The summed E-state index contributed by atoms with van der Waals surface area (Å²) < 4.78 is 30.8. The highest BCUT2D eigenvalue weighted by Gasteiger charge is 2.23. The van der Waals surface area contributed by atoms with Crippen molar-refractivity contribution in [1.29, 1.82) is 0 Å². The number of carbonyl (C=O) groups excluding carboxylic acids is 1. The van der Waals surface area contributed by atoms with E-state index in [1.807, 2.05) is 22.8 Å². The lowest BCUT2D eigenvalue weighted by atomic mass is 10.2. The van der Waals surface area contributed by atoms with Crippen LogP contribution < -0.4 is 10.5 Å². The lowest BCUT2D eigenvalue weighted by Gasteiger charge is -2.05. The van der Waals surface area contributed by atoms with E-state index >= 15 is 0 Å². The predicted molar refractivity (Wildman–Crippen MR) is 107 cm³/mol. The van der Waals surface area contributed by atoms with Crippen LogP contribution in [0.5, 0.6) is 0 Å². The zero-order valence-corrected chi connectivity index (χ0v) is 15.9. The summed E-state index contributed by atoms with van der Waals surface area (Å²) >= 11 is 0. The summed E-state index contributed by atoms with van der Waals surface area (Å²) in [6, 6.07) is 15.2. The smallest absolute Gasteiger partial charge is 0.253 e. The number of hydrogen-bond acceptors (Lipinski definition) is 5. The van der Waals surface area contributed by atoms with Crippen molar-refractivity contribution in [3.63, 3.8) is 0 Å². The molecule has 0 fully saturated rings. The molecule has 3 heterocycles. The van der Waals surface area contributed by atoms with Gasteiger partial charge in [-0.05, 0) is 48.5 Å². The molecule has 5 rings (SSSR count). The average Bonchev–Trinajstić information content (AvgIpc) is 3.28. The highest BCUT2D eigenvalue weighted by atomic mass is 32.2. The molecule has 146 valence electrons. The topological polar surface area (TPSA) is 120 Å². The third-order valence-electron chi connectivity index (χ3n) is 4.93. The van der Waals surface area contributed by atoms with E-state index in [4.69, 9.17) is 9.56 Å². The maximum Gasteiger partial charge on any atom is 0.253 e. The Morgan fingerprint density at radius 2 is 1.79 bits per heavy atom. The van der Waals surface area contributed by atoms with Crippen LogP contribution in [0.15, 0.2) is 63.9 Å². The Morgan fingerprint density at radius 1 is 1.03 bits per heavy atom. The number of imidazole rings is 1. The number of rotatable bonds is 3. The lowest BCUT2D eigenvalue weighted by molar-refractivity contribution is 0.0956. The molecule has 0 radical (unpaired) electrons. The summed E-state index contributed by atoms with van der Waals surface area (Å²) in [4.78, 5) is 17.0. The van der Waals surface area contributed by atoms with Crippen molar-refractivity contribution in [3.8, 4) is 22.9 Å². The van der Waals surface area contributed by atoms with E-state index in [0.29, 0.717) is 41.6 Å². The molecule has 2 aromatic carbocycles. The molecule has 1 amide bonds. The van der Waals surface area contributed by atoms with Gasteiger partial charge >= 0.3 is 0 Å². The number of nitrogens with zero attached hydrogens (tertiary/aromatic N) is 2. The van der Waals surface area contributed by atoms with Crippen molar-refractivity contribution in [2.24, 2.45) is 5.14 Å². The van der Waals surface area contributed by atoms with Gasteiger partial charge < -0.3 is 14.3 Å². The third kappa shape index (κ3) is 2.91. The molecule has 4 aromatic rings. The van der Waals surface area contributed by atoms with E-state index in [2.05, 4.69) is 10.3 Å². The fraction of sp³-hybridized carbons (Fsp3) is 0.100. The Balaban J connectivity index is 1.59. The maximum absolute atomic E-state index is 12.3. The zero-order chi connectivity index (χ0) is 20.2. The molecule has 1 aliphatic rings. The van der Waals surface area contributed by atoms with Crippen LogP contribution >= 0.6 is 0 Å². The van der Waals surface area contributed by atoms with Gasteiger partial charge in [-0.15, -0.1) is 0 Å². The minimum Gasteiger partial charge on any atom is -0.453 e. The highest BCUT2D eigenvalue weighted by molar-refractivity contribution is 7.89. The van der Waals surface area contributed by atoms with Crippen LogP contribution in [-0.2, 0) is 16.6 Å². The number of sulfonamides is 1. The average molecular weight is 408 g/mol. The van der Waals surface area contributed by atoms with Crippen LogP contribution in [0.25, 0.3) is 33.9 Å². The molecule has 0 saturated heterocycles. The summed E-state index contributed by atoms with van der Waals surface area (Å²) in [6.07, 6.45) is 0. The first-order chi connectivity index (χ1) is 13.9. The van der Waals surface area contributed by atoms with Gasteiger partial charge in [-0.2, -0.15) is 0 Å². The number of benzene rings is 2. The van der Waals surface area contributed by atoms with Crippen LogP contribution in [0.3, 0.4) is 0 Å². The van der Waals surface area contributed by atoms with Crippen LogP contribution in [0.4, 0.5) is 0 Å². The van der Waals surface area contributed by atoms with Crippen molar-refractivity contribution in [2.75, 3.05) is 6.54 Å². The highest BCUT2D eigenvalue weighted by Crippen LogP contribution is 2.32. The minimum absolute atomic E-state index is 0.0397. The first kappa shape index (κ1) is 17.7. The number of aromatic nitrogens is 2. The molecule has 0 unspecified atom stereocenters. The van der Waals surface area contributed by atoms with Crippen molar-refractivity contribution in [1.82, 2.24) is 14.9 Å².